The highest BCUT2D eigenvalue weighted by molar-refractivity contribution is 5.44. The Kier molecular flexibility index (Phi) is 5.20. The van der Waals surface area contributed by atoms with Crippen LogP contribution in [0.3, 0.4) is 0 Å². The summed E-state index contributed by atoms with van der Waals surface area (Å²) < 4.78 is 10.4. The third-order valence-electron chi connectivity index (χ3n) is 3.55. The molecule has 0 amide bonds. The van der Waals surface area contributed by atoms with Crippen molar-refractivity contribution in [3.05, 3.63) is 59.7 Å². The van der Waals surface area contributed by atoms with Gasteiger partial charge in [-0.25, -0.2) is 0 Å². The van der Waals surface area contributed by atoms with E-state index < -0.39 is 6.10 Å². The molecule has 112 valence electrons. The third-order valence-corrected chi connectivity index (χ3v) is 3.55. The van der Waals surface area contributed by atoms with E-state index in [1.54, 1.807) is 32.4 Å². The van der Waals surface area contributed by atoms with Crippen LogP contribution in [0, 0.1) is 0 Å². The molecule has 0 bridgehead atoms. The fourth-order valence-electron chi connectivity index (χ4n) is 2.36. The smallest absolute Gasteiger partial charge is 0.161 e. The molecule has 0 aliphatic carbocycles. The molecule has 0 fully saturated rings. The van der Waals surface area contributed by atoms with Gasteiger partial charge in [0.25, 0.3) is 0 Å². The zero-order chi connectivity index (χ0) is 15.2. The Labute approximate surface area is 124 Å². The summed E-state index contributed by atoms with van der Waals surface area (Å²) in [5, 5.41) is 20.2. The molecule has 2 aromatic rings. The minimum atomic E-state index is -0.822. The van der Waals surface area contributed by atoms with Gasteiger partial charge < -0.3 is 19.7 Å². The van der Waals surface area contributed by atoms with Gasteiger partial charge in [0, 0.05) is 5.92 Å². The van der Waals surface area contributed by atoms with Crippen LogP contribution in [-0.4, -0.2) is 31.0 Å². The van der Waals surface area contributed by atoms with Gasteiger partial charge in [-0.15, -0.1) is 0 Å². The van der Waals surface area contributed by atoms with E-state index in [2.05, 4.69) is 0 Å². The quantitative estimate of drug-likeness (QED) is 0.857. The molecule has 0 saturated heterocycles. The number of methoxy groups -OCH3 is 2. The summed E-state index contributed by atoms with van der Waals surface area (Å²) in [6.07, 6.45) is -0.822. The Morgan fingerprint density at radius 1 is 0.905 bits per heavy atom. The molecule has 0 aliphatic heterocycles. The first-order chi connectivity index (χ1) is 10.2. The number of rotatable bonds is 6. The summed E-state index contributed by atoms with van der Waals surface area (Å²) in [6, 6.07) is 14.7. The second-order valence-electron chi connectivity index (χ2n) is 4.76. The molecule has 2 rings (SSSR count). The predicted molar refractivity (Wildman–Crippen MR) is 80.8 cm³/mol. The maximum atomic E-state index is 10.6. The van der Waals surface area contributed by atoms with Crippen LogP contribution in [0.2, 0.25) is 0 Å². The molecular weight excluding hydrogens is 268 g/mol. The molecule has 2 aromatic carbocycles. The number of aliphatic hydroxyl groups excluding tert-OH is 2. The lowest BCUT2D eigenvalue weighted by Gasteiger charge is -2.22. The fraction of sp³-hybridized carbons (Fsp3) is 0.294. The third kappa shape index (κ3) is 3.35. The largest absolute Gasteiger partial charge is 0.493 e. The Morgan fingerprint density at radius 3 is 2.14 bits per heavy atom. The molecule has 0 unspecified atom stereocenters. The van der Waals surface area contributed by atoms with E-state index in [0.717, 1.165) is 5.56 Å². The van der Waals surface area contributed by atoms with Crippen molar-refractivity contribution in [1.82, 2.24) is 0 Å². The molecule has 2 N–H and O–H groups in total. The Morgan fingerprint density at radius 2 is 1.57 bits per heavy atom. The van der Waals surface area contributed by atoms with E-state index >= 15 is 0 Å². The van der Waals surface area contributed by atoms with Gasteiger partial charge in [-0.1, -0.05) is 36.4 Å². The second-order valence-corrected chi connectivity index (χ2v) is 4.76. The lowest BCUT2D eigenvalue weighted by Crippen LogP contribution is -2.15. The van der Waals surface area contributed by atoms with E-state index in [1.807, 2.05) is 30.3 Å². The molecule has 0 radical (unpaired) electrons. The summed E-state index contributed by atoms with van der Waals surface area (Å²) in [5.41, 5.74) is 1.57. The first kappa shape index (κ1) is 15.4. The molecule has 21 heavy (non-hydrogen) atoms. The average Bonchev–Trinajstić information content (AvgIpc) is 2.55. The second kappa shape index (κ2) is 7.11. The number of hydrogen-bond acceptors (Lipinski definition) is 4. The molecule has 4 nitrogen and oxygen atoms in total. The van der Waals surface area contributed by atoms with Crippen molar-refractivity contribution in [1.29, 1.82) is 0 Å². The molecule has 0 aliphatic rings. The van der Waals surface area contributed by atoms with Gasteiger partial charge in [0.1, 0.15) is 0 Å². The van der Waals surface area contributed by atoms with Crippen LogP contribution in [0.4, 0.5) is 0 Å². The SMILES string of the molecule is COc1ccc([C@H](O)[C@@H](CO)c2ccccc2)cc1OC. The fourth-order valence-corrected chi connectivity index (χ4v) is 2.36. The number of benzene rings is 2. The highest BCUT2D eigenvalue weighted by atomic mass is 16.5. The van der Waals surface area contributed by atoms with E-state index in [4.69, 9.17) is 9.47 Å². The summed E-state index contributed by atoms with van der Waals surface area (Å²) in [7, 11) is 3.11. The first-order valence-corrected chi connectivity index (χ1v) is 6.77. The van der Waals surface area contributed by atoms with Gasteiger partial charge in [0.15, 0.2) is 11.5 Å². The molecule has 0 aromatic heterocycles. The van der Waals surface area contributed by atoms with Crippen molar-refractivity contribution in [3.8, 4) is 11.5 Å². The van der Waals surface area contributed by atoms with E-state index in [-0.39, 0.29) is 12.5 Å². The number of ether oxygens (including phenoxy) is 2. The van der Waals surface area contributed by atoms with Crippen LogP contribution in [0.25, 0.3) is 0 Å². The van der Waals surface area contributed by atoms with Gasteiger partial charge >= 0.3 is 0 Å². The molecule has 4 heteroatoms. The minimum absolute atomic E-state index is 0.139. The van der Waals surface area contributed by atoms with Gasteiger partial charge in [-0.2, -0.15) is 0 Å². The standard InChI is InChI=1S/C17H20O4/c1-20-15-9-8-13(10-16(15)21-2)17(19)14(11-18)12-6-4-3-5-7-12/h3-10,14,17-19H,11H2,1-2H3/t14-,17-/m0/s1. The molecule has 0 saturated carbocycles. The zero-order valence-electron chi connectivity index (χ0n) is 12.2. The summed E-state index contributed by atoms with van der Waals surface area (Å²) >= 11 is 0. The van der Waals surface area contributed by atoms with E-state index in [1.165, 1.54) is 0 Å². The van der Waals surface area contributed by atoms with Crippen LogP contribution < -0.4 is 9.47 Å². The maximum Gasteiger partial charge on any atom is 0.161 e. The molecule has 0 heterocycles. The highest BCUT2D eigenvalue weighted by Crippen LogP contribution is 2.35. The number of hydrogen-bond donors (Lipinski definition) is 2. The van der Waals surface area contributed by atoms with Crippen LogP contribution >= 0.6 is 0 Å². The van der Waals surface area contributed by atoms with Gasteiger partial charge in [0.2, 0.25) is 0 Å². The maximum absolute atomic E-state index is 10.6. The van der Waals surface area contributed by atoms with Crippen molar-refractivity contribution < 1.29 is 19.7 Å². The van der Waals surface area contributed by atoms with E-state index in [0.29, 0.717) is 17.1 Å². The Hall–Kier alpha value is -2.04. The highest BCUT2D eigenvalue weighted by Gasteiger charge is 2.23. The summed E-state index contributed by atoms with van der Waals surface area (Å²) in [5.74, 6) is 0.775. The van der Waals surface area contributed by atoms with Crippen molar-refractivity contribution in [3.63, 3.8) is 0 Å². The molecule has 2 atom stereocenters. The topological polar surface area (TPSA) is 58.9 Å². The molecule has 0 spiro atoms. The van der Waals surface area contributed by atoms with Crippen molar-refractivity contribution in [2.45, 2.75) is 12.0 Å². The monoisotopic (exact) mass is 288 g/mol. The van der Waals surface area contributed by atoms with Gasteiger partial charge in [0.05, 0.1) is 26.9 Å². The normalized spacial score (nSPS) is 13.5. The Bertz CT molecular complexity index is 568. The lowest BCUT2D eigenvalue weighted by molar-refractivity contribution is 0.106. The average molecular weight is 288 g/mol. The van der Waals surface area contributed by atoms with Crippen LogP contribution in [0.1, 0.15) is 23.1 Å². The van der Waals surface area contributed by atoms with E-state index in [9.17, 15) is 10.2 Å². The number of aliphatic hydroxyl groups is 2. The van der Waals surface area contributed by atoms with Gasteiger partial charge in [-0.3, -0.25) is 0 Å². The van der Waals surface area contributed by atoms with Crippen LogP contribution in [0.5, 0.6) is 11.5 Å². The lowest BCUT2D eigenvalue weighted by atomic mass is 9.89. The first-order valence-electron chi connectivity index (χ1n) is 6.77. The summed E-state index contributed by atoms with van der Waals surface area (Å²) in [6.45, 7) is -0.139. The zero-order valence-corrected chi connectivity index (χ0v) is 12.2. The van der Waals surface area contributed by atoms with Crippen LogP contribution in [0.15, 0.2) is 48.5 Å². The molecular formula is C17H20O4. The minimum Gasteiger partial charge on any atom is -0.493 e. The van der Waals surface area contributed by atoms with Crippen molar-refractivity contribution >= 4 is 0 Å². The van der Waals surface area contributed by atoms with Crippen molar-refractivity contribution in [2.75, 3.05) is 20.8 Å². The van der Waals surface area contributed by atoms with Crippen molar-refractivity contribution in [2.24, 2.45) is 0 Å². The predicted octanol–water partition coefficient (Wildman–Crippen LogP) is 2.51. The summed E-state index contributed by atoms with van der Waals surface area (Å²) in [4.78, 5) is 0. The van der Waals surface area contributed by atoms with Crippen LogP contribution in [-0.2, 0) is 0 Å². The Balaban J connectivity index is 2.31. The van der Waals surface area contributed by atoms with Gasteiger partial charge in [-0.05, 0) is 23.3 Å².